The van der Waals surface area contributed by atoms with Crippen molar-refractivity contribution in [2.45, 2.75) is 40.0 Å². The maximum Gasteiger partial charge on any atom is 0.0669 e. The molecule has 1 heterocycles. The summed E-state index contributed by atoms with van der Waals surface area (Å²) >= 11 is 0. The summed E-state index contributed by atoms with van der Waals surface area (Å²) < 4.78 is 0. The van der Waals surface area contributed by atoms with Gasteiger partial charge in [-0.25, -0.2) is 0 Å². The molecule has 0 aliphatic rings. The second kappa shape index (κ2) is 4.02. The highest BCUT2D eigenvalue weighted by Gasteiger charge is 2.20. The lowest BCUT2D eigenvalue weighted by Gasteiger charge is -2.23. The largest absolute Gasteiger partial charge is 0.285 e. The van der Waals surface area contributed by atoms with E-state index in [1.807, 2.05) is 13.1 Å². The minimum Gasteiger partial charge on any atom is -0.285 e. The first-order valence-electron chi connectivity index (χ1n) is 6.01. The zero-order valence-electron chi connectivity index (χ0n) is 11.3. The van der Waals surface area contributed by atoms with E-state index >= 15 is 0 Å². The maximum absolute atomic E-state index is 4.21. The Kier molecular flexibility index (Phi) is 2.82. The molecule has 0 radical (unpaired) electrons. The van der Waals surface area contributed by atoms with Crippen molar-refractivity contribution in [1.29, 1.82) is 0 Å². The monoisotopic (exact) mass is 228 g/mol. The number of hydrogen-bond donors (Lipinski definition) is 1. The Morgan fingerprint density at radius 2 is 1.76 bits per heavy atom. The molecule has 2 rings (SSSR count). The van der Waals surface area contributed by atoms with Crippen molar-refractivity contribution in [3.05, 3.63) is 41.2 Å². The molecule has 0 fully saturated rings. The summed E-state index contributed by atoms with van der Waals surface area (Å²) in [6.45, 7) is 10.9. The van der Waals surface area contributed by atoms with Crippen LogP contribution < -0.4 is 0 Å². The third-order valence-corrected chi connectivity index (χ3v) is 3.10. The minimum absolute atomic E-state index is 0.144. The molecule has 2 nitrogen and oxygen atoms in total. The van der Waals surface area contributed by atoms with E-state index in [1.165, 1.54) is 22.3 Å². The molecule has 0 spiro atoms. The predicted octanol–water partition coefficient (Wildman–Crippen LogP) is 3.99. The van der Waals surface area contributed by atoms with E-state index in [0.29, 0.717) is 0 Å². The van der Waals surface area contributed by atoms with E-state index < -0.39 is 0 Å². The van der Waals surface area contributed by atoms with Crippen molar-refractivity contribution in [1.82, 2.24) is 10.2 Å². The number of benzene rings is 1. The lowest BCUT2D eigenvalue weighted by atomic mass is 9.81. The van der Waals surface area contributed by atoms with Gasteiger partial charge in [-0.05, 0) is 30.4 Å². The topological polar surface area (TPSA) is 28.7 Å². The van der Waals surface area contributed by atoms with Crippen LogP contribution in [0.4, 0.5) is 0 Å². The Bertz CT molecular complexity index is 530. The van der Waals surface area contributed by atoms with Gasteiger partial charge >= 0.3 is 0 Å². The van der Waals surface area contributed by atoms with Gasteiger partial charge in [0.1, 0.15) is 0 Å². The van der Waals surface area contributed by atoms with Gasteiger partial charge in [0.15, 0.2) is 0 Å². The van der Waals surface area contributed by atoms with Crippen molar-refractivity contribution >= 4 is 0 Å². The molecule has 0 amide bonds. The van der Waals surface area contributed by atoms with E-state index in [9.17, 15) is 0 Å². The van der Waals surface area contributed by atoms with Crippen LogP contribution in [0.25, 0.3) is 11.1 Å². The molecular formula is C15H20N2. The number of H-pyrrole nitrogens is 1. The molecule has 0 aliphatic carbocycles. The zero-order chi connectivity index (χ0) is 12.6. The van der Waals surface area contributed by atoms with Crippen LogP contribution in [0.1, 0.15) is 37.6 Å². The number of hydrogen-bond acceptors (Lipinski definition) is 1. The third kappa shape index (κ3) is 2.26. The van der Waals surface area contributed by atoms with Crippen LogP contribution >= 0.6 is 0 Å². The summed E-state index contributed by atoms with van der Waals surface area (Å²) in [6, 6.07) is 6.65. The molecule has 0 aliphatic heterocycles. The Balaban J connectivity index is 2.67. The number of rotatable bonds is 1. The van der Waals surface area contributed by atoms with Crippen molar-refractivity contribution in [3.8, 4) is 11.1 Å². The summed E-state index contributed by atoms with van der Waals surface area (Å²) in [6.07, 6.45) is 1.98. The summed E-state index contributed by atoms with van der Waals surface area (Å²) in [5.41, 5.74) is 6.37. The summed E-state index contributed by atoms with van der Waals surface area (Å²) in [4.78, 5) is 0. The van der Waals surface area contributed by atoms with Crippen LogP contribution in [0.2, 0.25) is 0 Å². The van der Waals surface area contributed by atoms with Gasteiger partial charge in [-0.3, -0.25) is 5.10 Å². The summed E-state index contributed by atoms with van der Waals surface area (Å²) in [7, 11) is 0. The smallest absolute Gasteiger partial charge is 0.0669 e. The fourth-order valence-electron chi connectivity index (χ4n) is 2.14. The minimum atomic E-state index is 0.144. The highest BCUT2D eigenvalue weighted by atomic mass is 15.1. The first kappa shape index (κ1) is 11.9. The van der Waals surface area contributed by atoms with Crippen LogP contribution in [0.5, 0.6) is 0 Å². The van der Waals surface area contributed by atoms with Crippen LogP contribution in [-0.2, 0) is 5.41 Å². The van der Waals surface area contributed by atoms with Crippen LogP contribution in [0.15, 0.2) is 24.4 Å². The number of nitrogens with one attached hydrogen (secondary N) is 1. The molecule has 0 saturated heterocycles. The highest BCUT2D eigenvalue weighted by Crippen LogP contribution is 2.34. The maximum atomic E-state index is 4.21. The van der Waals surface area contributed by atoms with E-state index in [-0.39, 0.29) is 5.41 Å². The highest BCUT2D eigenvalue weighted by molar-refractivity contribution is 5.70. The molecule has 0 bridgehead atoms. The van der Waals surface area contributed by atoms with Crippen LogP contribution in [-0.4, -0.2) is 10.2 Å². The fraction of sp³-hybridized carbons (Fsp3) is 0.400. The second-order valence-electron chi connectivity index (χ2n) is 5.68. The third-order valence-electron chi connectivity index (χ3n) is 3.10. The molecule has 0 unspecified atom stereocenters. The number of aromatic amines is 1. The van der Waals surface area contributed by atoms with Crippen LogP contribution in [0, 0.1) is 13.8 Å². The lowest BCUT2D eigenvalue weighted by Crippen LogP contribution is -2.13. The van der Waals surface area contributed by atoms with Gasteiger partial charge < -0.3 is 0 Å². The number of aromatic nitrogens is 2. The first-order chi connectivity index (χ1) is 7.89. The molecule has 1 aromatic heterocycles. The Morgan fingerprint density at radius 3 is 2.29 bits per heavy atom. The Labute approximate surface area is 103 Å². The fourth-order valence-corrected chi connectivity index (χ4v) is 2.14. The lowest BCUT2D eigenvalue weighted by molar-refractivity contribution is 0.591. The van der Waals surface area contributed by atoms with Gasteiger partial charge in [-0.15, -0.1) is 0 Å². The normalized spacial score (nSPS) is 11.8. The molecular weight excluding hydrogens is 208 g/mol. The number of aryl methyl sites for hydroxylation is 2. The average molecular weight is 228 g/mol. The molecule has 1 N–H and O–H groups in total. The van der Waals surface area contributed by atoms with Crippen molar-refractivity contribution in [3.63, 3.8) is 0 Å². The second-order valence-corrected chi connectivity index (χ2v) is 5.68. The van der Waals surface area contributed by atoms with Gasteiger partial charge in [-0.1, -0.05) is 44.5 Å². The van der Waals surface area contributed by atoms with E-state index in [0.717, 1.165) is 5.69 Å². The van der Waals surface area contributed by atoms with Gasteiger partial charge in [0.2, 0.25) is 0 Å². The Hall–Kier alpha value is -1.57. The van der Waals surface area contributed by atoms with Crippen molar-refractivity contribution < 1.29 is 0 Å². The molecule has 90 valence electrons. The molecule has 0 atom stereocenters. The number of nitrogens with zero attached hydrogens (tertiary/aromatic N) is 1. The summed E-state index contributed by atoms with van der Waals surface area (Å²) in [5.74, 6) is 0. The first-order valence-corrected chi connectivity index (χ1v) is 6.01. The Morgan fingerprint density at radius 1 is 1.06 bits per heavy atom. The summed E-state index contributed by atoms with van der Waals surface area (Å²) in [5, 5.41) is 7.15. The van der Waals surface area contributed by atoms with E-state index in [2.05, 4.69) is 56.1 Å². The van der Waals surface area contributed by atoms with Gasteiger partial charge in [0.25, 0.3) is 0 Å². The quantitative estimate of drug-likeness (QED) is 0.785. The van der Waals surface area contributed by atoms with Gasteiger partial charge in [0.05, 0.1) is 5.69 Å². The van der Waals surface area contributed by atoms with E-state index in [4.69, 9.17) is 0 Å². The molecule has 1 aromatic carbocycles. The zero-order valence-corrected chi connectivity index (χ0v) is 11.3. The van der Waals surface area contributed by atoms with Gasteiger partial charge in [-0.2, -0.15) is 5.10 Å². The molecule has 2 aromatic rings. The standard InChI is InChI=1S/C15H20N2/c1-10-6-7-12(13-9-16-17-11(13)2)14(8-10)15(3,4)5/h6-9H,1-5H3,(H,16,17). The average Bonchev–Trinajstić information content (AvgIpc) is 2.63. The van der Waals surface area contributed by atoms with Crippen molar-refractivity contribution in [2.24, 2.45) is 0 Å². The molecule has 0 saturated carbocycles. The molecule has 2 heteroatoms. The molecule has 17 heavy (non-hydrogen) atoms. The van der Waals surface area contributed by atoms with E-state index in [1.54, 1.807) is 0 Å². The predicted molar refractivity (Wildman–Crippen MR) is 72.2 cm³/mol. The van der Waals surface area contributed by atoms with Crippen molar-refractivity contribution in [2.75, 3.05) is 0 Å². The van der Waals surface area contributed by atoms with Crippen LogP contribution in [0.3, 0.4) is 0 Å². The SMILES string of the molecule is Cc1ccc(-c2c[nH]nc2C)c(C(C)(C)C)c1. The van der Waals surface area contributed by atoms with Gasteiger partial charge in [0, 0.05) is 11.8 Å².